The first-order valence-electron chi connectivity index (χ1n) is 8.57. The van der Waals surface area contributed by atoms with Gasteiger partial charge < -0.3 is 15.5 Å². The number of likely N-dealkylation sites (tertiary alicyclic amines) is 1. The van der Waals surface area contributed by atoms with E-state index in [-0.39, 0.29) is 11.8 Å². The number of hydrogen-bond acceptors (Lipinski definition) is 4. The van der Waals surface area contributed by atoms with E-state index >= 15 is 0 Å². The van der Waals surface area contributed by atoms with Crippen LogP contribution in [0.2, 0.25) is 0 Å². The maximum absolute atomic E-state index is 11.5. The van der Waals surface area contributed by atoms with Crippen molar-refractivity contribution < 1.29 is 8.42 Å². The molecule has 0 aliphatic carbocycles. The molecule has 2 aliphatic rings. The van der Waals surface area contributed by atoms with Crippen LogP contribution in [0.4, 0.5) is 0 Å². The summed E-state index contributed by atoms with van der Waals surface area (Å²) in [7, 11) is -2.85. The van der Waals surface area contributed by atoms with Crippen molar-refractivity contribution in [3.05, 3.63) is 0 Å². The SMILES string of the molecule is CCNC(=NCCCCN1CCCC1)NC1CCS(=O)(=O)C1. The third-order valence-corrected chi connectivity index (χ3v) is 6.04. The van der Waals surface area contributed by atoms with Gasteiger partial charge >= 0.3 is 0 Å². The highest BCUT2D eigenvalue weighted by molar-refractivity contribution is 7.91. The maximum atomic E-state index is 11.5. The van der Waals surface area contributed by atoms with E-state index in [0.29, 0.717) is 12.2 Å². The van der Waals surface area contributed by atoms with Crippen LogP contribution >= 0.6 is 0 Å². The average molecular weight is 330 g/mol. The molecule has 0 amide bonds. The van der Waals surface area contributed by atoms with Crippen LogP contribution < -0.4 is 10.6 Å². The third-order valence-electron chi connectivity index (χ3n) is 4.27. The normalized spacial score (nSPS) is 25.5. The van der Waals surface area contributed by atoms with Crippen molar-refractivity contribution in [1.29, 1.82) is 0 Å². The molecule has 0 aromatic rings. The summed E-state index contributed by atoms with van der Waals surface area (Å²) in [5.41, 5.74) is 0. The minimum Gasteiger partial charge on any atom is -0.357 e. The highest BCUT2D eigenvalue weighted by Gasteiger charge is 2.28. The lowest BCUT2D eigenvalue weighted by atomic mass is 10.3. The van der Waals surface area contributed by atoms with Crippen molar-refractivity contribution in [3.8, 4) is 0 Å². The van der Waals surface area contributed by atoms with Crippen molar-refractivity contribution in [2.24, 2.45) is 4.99 Å². The minimum absolute atomic E-state index is 0.00685. The van der Waals surface area contributed by atoms with E-state index in [2.05, 4.69) is 20.5 Å². The molecular formula is C15H30N4O2S. The molecule has 2 heterocycles. The molecule has 2 N–H and O–H groups in total. The summed E-state index contributed by atoms with van der Waals surface area (Å²) in [6, 6.07) is 0.00685. The van der Waals surface area contributed by atoms with Gasteiger partial charge in [0.15, 0.2) is 15.8 Å². The zero-order valence-electron chi connectivity index (χ0n) is 13.7. The molecule has 1 atom stereocenters. The van der Waals surface area contributed by atoms with Gasteiger partial charge in [-0.1, -0.05) is 0 Å². The predicted octanol–water partition coefficient (Wildman–Crippen LogP) is 0.605. The molecule has 128 valence electrons. The van der Waals surface area contributed by atoms with Crippen LogP contribution in [0, 0.1) is 0 Å². The van der Waals surface area contributed by atoms with E-state index in [0.717, 1.165) is 25.5 Å². The summed E-state index contributed by atoms with van der Waals surface area (Å²) in [6.07, 6.45) is 5.63. The average Bonchev–Trinajstić information content (AvgIpc) is 3.08. The lowest BCUT2D eigenvalue weighted by Gasteiger charge is -2.16. The highest BCUT2D eigenvalue weighted by Crippen LogP contribution is 2.11. The van der Waals surface area contributed by atoms with E-state index in [9.17, 15) is 8.42 Å². The molecule has 22 heavy (non-hydrogen) atoms. The second-order valence-corrected chi connectivity index (χ2v) is 8.49. The first kappa shape index (κ1) is 17.5. The Morgan fingerprint density at radius 3 is 2.68 bits per heavy atom. The van der Waals surface area contributed by atoms with Crippen LogP contribution in [0.1, 0.15) is 39.0 Å². The molecule has 2 fully saturated rings. The van der Waals surface area contributed by atoms with Crippen molar-refractivity contribution in [2.45, 2.75) is 45.1 Å². The molecule has 2 aliphatic heterocycles. The summed E-state index contributed by atoms with van der Waals surface area (Å²) in [5, 5.41) is 6.46. The van der Waals surface area contributed by atoms with E-state index in [1.807, 2.05) is 6.92 Å². The molecule has 0 radical (unpaired) electrons. The summed E-state index contributed by atoms with van der Waals surface area (Å²) in [5.74, 6) is 1.28. The number of aliphatic imine (C=N–C) groups is 1. The van der Waals surface area contributed by atoms with Crippen LogP contribution in [0.3, 0.4) is 0 Å². The second kappa shape index (κ2) is 8.72. The third kappa shape index (κ3) is 6.12. The van der Waals surface area contributed by atoms with Crippen molar-refractivity contribution in [1.82, 2.24) is 15.5 Å². The predicted molar refractivity (Wildman–Crippen MR) is 91.1 cm³/mol. The van der Waals surface area contributed by atoms with Gasteiger partial charge in [0.05, 0.1) is 11.5 Å². The van der Waals surface area contributed by atoms with Crippen LogP contribution in [-0.2, 0) is 9.84 Å². The van der Waals surface area contributed by atoms with Crippen molar-refractivity contribution >= 4 is 15.8 Å². The molecular weight excluding hydrogens is 300 g/mol. The summed E-state index contributed by atoms with van der Waals surface area (Å²) >= 11 is 0. The highest BCUT2D eigenvalue weighted by atomic mass is 32.2. The Morgan fingerprint density at radius 2 is 2.05 bits per heavy atom. The summed E-state index contributed by atoms with van der Waals surface area (Å²) in [4.78, 5) is 7.09. The number of guanidine groups is 1. The quantitative estimate of drug-likeness (QED) is 0.406. The molecule has 2 saturated heterocycles. The van der Waals surface area contributed by atoms with Gasteiger partial charge in [-0.15, -0.1) is 0 Å². The maximum Gasteiger partial charge on any atom is 0.191 e. The van der Waals surface area contributed by atoms with E-state index in [4.69, 9.17) is 0 Å². The summed E-state index contributed by atoms with van der Waals surface area (Å²) in [6.45, 7) is 7.30. The van der Waals surface area contributed by atoms with E-state index in [1.165, 1.54) is 38.9 Å². The first-order chi connectivity index (χ1) is 10.6. The summed E-state index contributed by atoms with van der Waals surface area (Å²) < 4.78 is 23.0. The van der Waals surface area contributed by atoms with Crippen LogP contribution in [0.5, 0.6) is 0 Å². The van der Waals surface area contributed by atoms with E-state index in [1.54, 1.807) is 0 Å². The molecule has 0 saturated carbocycles. The lowest BCUT2D eigenvalue weighted by molar-refractivity contribution is 0.331. The minimum atomic E-state index is -2.85. The topological polar surface area (TPSA) is 73.8 Å². The number of hydrogen-bond donors (Lipinski definition) is 2. The molecule has 0 aromatic heterocycles. The molecule has 0 aromatic carbocycles. The molecule has 6 nitrogen and oxygen atoms in total. The fourth-order valence-corrected chi connectivity index (χ4v) is 4.74. The van der Waals surface area contributed by atoms with E-state index < -0.39 is 9.84 Å². The number of rotatable bonds is 7. The number of unbranched alkanes of at least 4 members (excludes halogenated alkanes) is 1. The van der Waals surface area contributed by atoms with Crippen molar-refractivity contribution in [2.75, 3.05) is 44.2 Å². The van der Waals surface area contributed by atoms with Crippen LogP contribution in [0.15, 0.2) is 4.99 Å². The molecule has 2 rings (SSSR count). The van der Waals surface area contributed by atoms with Gasteiger partial charge in [0.2, 0.25) is 0 Å². The second-order valence-electron chi connectivity index (χ2n) is 6.26. The smallest absolute Gasteiger partial charge is 0.191 e. The molecule has 1 unspecified atom stereocenters. The Morgan fingerprint density at radius 1 is 1.27 bits per heavy atom. The van der Waals surface area contributed by atoms with Gasteiger partial charge in [0.25, 0.3) is 0 Å². The van der Waals surface area contributed by atoms with Gasteiger partial charge in [-0.05, 0) is 58.7 Å². The fourth-order valence-electron chi connectivity index (χ4n) is 3.07. The monoisotopic (exact) mass is 330 g/mol. The standard InChI is InChI=1S/C15H30N4O2S/c1-2-16-15(18-14-7-12-22(20,21)13-14)17-8-3-4-9-19-10-5-6-11-19/h14H,2-13H2,1H3,(H2,16,17,18). The molecule has 0 spiro atoms. The zero-order valence-corrected chi connectivity index (χ0v) is 14.5. The van der Waals surface area contributed by atoms with Gasteiger partial charge in [0, 0.05) is 19.1 Å². The van der Waals surface area contributed by atoms with Crippen LogP contribution in [0.25, 0.3) is 0 Å². The Hall–Kier alpha value is -0.820. The van der Waals surface area contributed by atoms with Gasteiger partial charge in [-0.2, -0.15) is 0 Å². The first-order valence-corrected chi connectivity index (χ1v) is 10.4. The lowest BCUT2D eigenvalue weighted by Crippen LogP contribution is -2.44. The zero-order chi connectivity index (χ0) is 15.8. The largest absolute Gasteiger partial charge is 0.357 e. The van der Waals surface area contributed by atoms with Gasteiger partial charge in [-0.25, -0.2) is 8.42 Å². The number of sulfone groups is 1. The Kier molecular flexibility index (Phi) is 6.95. The fraction of sp³-hybridized carbons (Fsp3) is 0.933. The molecule has 0 bridgehead atoms. The van der Waals surface area contributed by atoms with Crippen molar-refractivity contribution in [3.63, 3.8) is 0 Å². The van der Waals surface area contributed by atoms with Gasteiger partial charge in [-0.3, -0.25) is 4.99 Å². The Balaban J connectivity index is 1.67. The number of nitrogens with zero attached hydrogens (tertiary/aromatic N) is 2. The molecule has 7 heteroatoms. The Labute approximate surface area is 134 Å². The van der Waals surface area contributed by atoms with Gasteiger partial charge in [0.1, 0.15) is 0 Å². The Bertz CT molecular complexity index is 458. The number of nitrogens with one attached hydrogen (secondary N) is 2. The van der Waals surface area contributed by atoms with Crippen LogP contribution in [-0.4, -0.2) is 69.5 Å².